The fourth-order valence-corrected chi connectivity index (χ4v) is 3.53. The van der Waals surface area contributed by atoms with Crippen molar-refractivity contribution in [2.75, 3.05) is 19.6 Å². The molecule has 3 heteroatoms. The molecule has 3 fully saturated rings. The molecule has 3 rings (SSSR count). The number of piperazine rings is 1. The second-order valence-electron chi connectivity index (χ2n) is 5.42. The molecule has 2 saturated carbocycles. The summed E-state index contributed by atoms with van der Waals surface area (Å²) in [6, 6.07) is 0.473. The van der Waals surface area contributed by atoms with Gasteiger partial charge in [0.25, 0.3) is 0 Å². The molecule has 2 aliphatic carbocycles. The van der Waals surface area contributed by atoms with E-state index in [1.165, 1.54) is 19.3 Å². The number of rotatable bonds is 1. The van der Waals surface area contributed by atoms with Gasteiger partial charge in [0.2, 0.25) is 5.91 Å². The van der Waals surface area contributed by atoms with Crippen LogP contribution in [0, 0.1) is 17.8 Å². The lowest BCUT2D eigenvalue weighted by atomic mass is 10.1. The van der Waals surface area contributed by atoms with Gasteiger partial charge < -0.3 is 10.2 Å². The Morgan fingerprint density at radius 3 is 2.73 bits per heavy atom. The van der Waals surface area contributed by atoms with Crippen molar-refractivity contribution in [2.45, 2.75) is 32.2 Å². The first kappa shape index (κ1) is 9.64. The predicted octanol–water partition coefficient (Wildman–Crippen LogP) is 0.853. The zero-order valence-electron chi connectivity index (χ0n) is 9.41. The summed E-state index contributed by atoms with van der Waals surface area (Å²) in [5.41, 5.74) is 0. The van der Waals surface area contributed by atoms with Gasteiger partial charge in [0, 0.05) is 31.6 Å². The fourth-order valence-electron chi connectivity index (χ4n) is 3.53. The lowest BCUT2D eigenvalue weighted by Crippen LogP contribution is -2.52. The van der Waals surface area contributed by atoms with Gasteiger partial charge in [0.15, 0.2) is 0 Å². The second kappa shape index (κ2) is 3.48. The van der Waals surface area contributed by atoms with Crippen molar-refractivity contribution in [1.29, 1.82) is 0 Å². The Hall–Kier alpha value is -0.570. The molecule has 1 saturated heterocycles. The molecular weight excluding hydrogens is 188 g/mol. The Morgan fingerprint density at radius 2 is 2.07 bits per heavy atom. The molecule has 3 unspecified atom stereocenters. The third-order valence-corrected chi connectivity index (χ3v) is 4.37. The van der Waals surface area contributed by atoms with Crippen LogP contribution in [0.1, 0.15) is 26.2 Å². The molecule has 0 aromatic heterocycles. The highest BCUT2D eigenvalue weighted by molar-refractivity contribution is 5.82. The van der Waals surface area contributed by atoms with Gasteiger partial charge in [-0.25, -0.2) is 0 Å². The summed E-state index contributed by atoms with van der Waals surface area (Å²) in [5, 5.41) is 3.38. The Balaban J connectivity index is 1.60. The number of hydrogen-bond donors (Lipinski definition) is 1. The number of amides is 1. The number of hydrogen-bond acceptors (Lipinski definition) is 2. The van der Waals surface area contributed by atoms with Crippen molar-refractivity contribution < 1.29 is 4.79 Å². The molecule has 0 spiro atoms. The van der Waals surface area contributed by atoms with E-state index in [0.717, 1.165) is 31.5 Å². The largest absolute Gasteiger partial charge is 0.340 e. The van der Waals surface area contributed by atoms with E-state index in [1.54, 1.807) is 0 Å². The van der Waals surface area contributed by atoms with E-state index >= 15 is 0 Å². The number of carbonyl (C=O) groups excluding carboxylic acids is 1. The number of nitrogens with one attached hydrogen (secondary N) is 1. The maximum absolute atomic E-state index is 12.2. The molecule has 1 N–H and O–H groups in total. The Kier molecular flexibility index (Phi) is 2.23. The van der Waals surface area contributed by atoms with Crippen LogP contribution in [0.3, 0.4) is 0 Å². The van der Waals surface area contributed by atoms with Crippen LogP contribution >= 0.6 is 0 Å². The van der Waals surface area contributed by atoms with Gasteiger partial charge in [-0.2, -0.15) is 0 Å². The summed E-state index contributed by atoms with van der Waals surface area (Å²) >= 11 is 0. The predicted molar refractivity (Wildman–Crippen MR) is 58.4 cm³/mol. The van der Waals surface area contributed by atoms with Crippen molar-refractivity contribution in [3.8, 4) is 0 Å². The summed E-state index contributed by atoms with van der Waals surface area (Å²) in [4.78, 5) is 14.3. The van der Waals surface area contributed by atoms with Gasteiger partial charge in [-0.05, 0) is 31.6 Å². The van der Waals surface area contributed by atoms with Gasteiger partial charge in [0.1, 0.15) is 0 Å². The van der Waals surface area contributed by atoms with E-state index in [1.807, 2.05) is 0 Å². The van der Waals surface area contributed by atoms with Gasteiger partial charge in [-0.15, -0.1) is 0 Å². The monoisotopic (exact) mass is 208 g/mol. The first-order valence-electron chi connectivity index (χ1n) is 6.29. The minimum Gasteiger partial charge on any atom is -0.340 e. The molecule has 0 radical (unpaired) electrons. The molecule has 3 atom stereocenters. The maximum Gasteiger partial charge on any atom is 0.226 e. The molecule has 15 heavy (non-hydrogen) atoms. The van der Waals surface area contributed by atoms with E-state index in [2.05, 4.69) is 17.1 Å². The van der Waals surface area contributed by atoms with Crippen LogP contribution in [0.15, 0.2) is 0 Å². The zero-order chi connectivity index (χ0) is 10.4. The summed E-state index contributed by atoms with van der Waals surface area (Å²) in [7, 11) is 0. The van der Waals surface area contributed by atoms with Crippen LogP contribution in [-0.2, 0) is 4.79 Å². The Morgan fingerprint density at radius 1 is 1.33 bits per heavy atom. The van der Waals surface area contributed by atoms with Gasteiger partial charge >= 0.3 is 0 Å². The van der Waals surface area contributed by atoms with E-state index in [9.17, 15) is 4.79 Å². The Labute approximate surface area is 91.2 Å². The third kappa shape index (κ3) is 1.57. The quantitative estimate of drug-likeness (QED) is 0.693. The smallest absolute Gasteiger partial charge is 0.226 e. The average molecular weight is 208 g/mol. The topological polar surface area (TPSA) is 32.3 Å². The average Bonchev–Trinajstić information content (AvgIpc) is 2.70. The van der Waals surface area contributed by atoms with Crippen molar-refractivity contribution in [1.82, 2.24) is 10.2 Å². The maximum atomic E-state index is 12.2. The first-order valence-corrected chi connectivity index (χ1v) is 6.29. The Bertz CT molecular complexity index is 269. The van der Waals surface area contributed by atoms with Crippen LogP contribution in [0.5, 0.6) is 0 Å². The molecule has 0 bridgehead atoms. The van der Waals surface area contributed by atoms with Crippen molar-refractivity contribution >= 4 is 5.91 Å². The summed E-state index contributed by atoms with van der Waals surface area (Å²) in [6.45, 7) is 4.95. The van der Waals surface area contributed by atoms with Crippen LogP contribution in [0.25, 0.3) is 0 Å². The molecule has 84 valence electrons. The van der Waals surface area contributed by atoms with Crippen LogP contribution in [-0.4, -0.2) is 36.5 Å². The molecule has 1 heterocycles. The lowest BCUT2D eigenvalue weighted by molar-refractivity contribution is -0.134. The standard InChI is InChI=1S/C12H20N2O/c1-8-7-14(6-5-13-8)12(15)11-9-3-2-4-10(9)11/h8-11,13H,2-7H2,1H3. The molecule has 3 aliphatic rings. The van der Waals surface area contributed by atoms with E-state index in [0.29, 0.717) is 17.9 Å². The summed E-state index contributed by atoms with van der Waals surface area (Å²) in [5.74, 6) is 2.41. The van der Waals surface area contributed by atoms with Crippen molar-refractivity contribution in [3.63, 3.8) is 0 Å². The van der Waals surface area contributed by atoms with Gasteiger partial charge in [0.05, 0.1) is 0 Å². The second-order valence-corrected chi connectivity index (χ2v) is 5.42. The molecular formula is C12H20N2O. The van der Waals surface area contributed by atoms with E-state index in [-0.39, 0.29) is 0 Å². The van der Waals surface area contributed by atoms with E-state index in [4.69, 9.17) is 0 Å². The highest BCUT2D eigenvalue weighted by Crippen LogP contribution is 2.58. The number of nitrogens with zero attached hydrogens (tertiary/aromatic N) is 1. The van der Waals surface area contributed by atoms with Crippen molar-refractivity contribution in [3.05, 3.63) is 0 Å². The molecule has 0 aromatic carbocycles. The molecule has 1 aliphatic heterocycles. The number of carbonyl (C=O) groups is 1. The highest BCUT2D eigenvalue weighted by Gasteiger charge is 2.57. The minimum absolute atomic E-state index is 0.420. The number of fused-ring (bicyclic) bond motifs is 1. The van der Waals surface area contributed by atoms with Crippen LogP contribution < -0.4 is 5.32 Å². The third-order valence-electron chi connectivity index (χ3n) is 4.37. The molecule has 3 nitrogen and oxygen atoms in total. The molecule has 0 aromatic rings. The zero-order valence-corrected chi connectivity index (χ0v) is 9.41. The van der Waals surface area contributed by atoms with Crippen molar-refractivity contribution in [2.24, 2.45) is 17.8 Å². The summed E-state index contributed by atoms with van der Waals surface area (Å²) < 4.78 is 0. The highest BCUT2D eigenvalue weighted by atomic mass is 16.2. The fraction of sp³-hybridized carbons (Fsp3) is 0.917. The normalized spacial score (nSPS) is 43.9. The SMILES string of the molecule is CC1CN(C(=O)C2C3CCCC32)CCN1. The molecule has 1 amide bonds. The minimum atomic E-state index is 0.420. The van der Waals surface area contributed by atoms with Gasteiger partial charge in [-0.3, -0.25) is 4.79 Å². The summed E-state index contributed by atoms with van der Waals surface area (Å²) in [6.07, 6.45) is 3.97. The van der Waals surface area contributed by atoms with Gasteiger partial charge in [-0.1, -0.05) is 6.42 Å². The van der Waals surface area contributed by atoms with Crippen LogP contribution in [0.4, 0.5) is 0 Å². The lowest BCUT2D eigenvalue weighted by Gasteiger charge is -2.32. The first-order chi connectivity index (χ1) is 7.27. The van der Waals surface area contributed by atoms with Crippen LogP contribution in [0.2, 0.25) is 0 Å². The van der Waals surface area contributed by atoms with E-state index < -0.39 is 0 Å².